The van der Waals surface area contributed by atoms with Crippen molar-refractivity contribution in [2.75, 3.05) is 11.1 Å². The van der Waals surface area contributed by atoms with Gasteiger partial charge in [0, 0.05) is 22.6 Å². The molecule has 0 saturated heterocycles. The third-order valence-electron chi connectivity index (χ3n) is 7.35. The summed E-state index contributed by atoms with van der Waals surface area (Å²) in [6.45, 7) is 12.4. The third-order valence-corrected chi connectivity index (χ3v) is 7.35. The van der Waals surface area contributed by atoms with Crippen LogP contribution < -0.4 is 11.1 Å². The van der Waals surface area contributed by atoms with Gasteiger partial charge < -0.3 is 11.1 Å². The number of hydrogen-bond donors (Lipinski definition) is 2. The van der Waals surface area contributed by atoms with Gasteiger partial charge in [-0.05, 0) is 68.0 Å². The van der Waals surface area contributed by atoms with Crippen molar-refractivity contribution in [1.82, 2.24) is 9.97 Å². The summed E-state index contributed by atoms with van der Waals surface area (Å²) in [6.07, 6.45) is 10.1. The standard InChI is InChI=1S/C32H36F2N4/c1-7-18(3)14-20(5)22-16-27(33)29(28(34)17-22)25-10-9-11-26-30(25)37-32(38-31(26)35)36-23-12-13-24(19(4)8-2)21(6)15-23/h9-17,20-21H,7-8H2,1-6H3,(H3,35,36,37,38)/b18-14-,24-19+. The molecule has 6 heteroatoms. The highest BCUT2D eigenvalue weighted by Crippen LogP contribution is 2.36. The van der Waals surface area contributed by atoms with Crippen LogP contribution in [0.5, 0.6) is 0 Å². The highest BCUT2D eigenvalue weighted by Gasteiger charge is 2.20. The zero-order chi connectivity index (χ0) is 27.6. The van der Waals surface area contributed by atoms with Gasteiger partial charge in [0.15, 0.2) is 0 Å². The lowest BCUT2D eigenvalue weighted by Gasteiger charge is -2.19. The molecule has 4 nitrogen and oxygen atoms in total. The molecule has 1 heterocycles. The predicted molar refractivity (Wildman–Crippen MR) is 155 cm³/mol. The fraction of sp³-hybridized carbons (Fsp3) is 0.312. The fourth-order valence-corrected chi connectivity index (χ4v) is 4.88. The molecule has 0 bridgehead atoms. The lowest BCUT2D eigenvalue weighted by Crippen LogP contribution is -2.10. The number of hydrogen-bond acceptors (Lipinski definition) is 4. The first kappa shape index (κ1) is 27.2. The Bertz CT molecular complexity index is 1470. The van der Waals surface area contributed by atoms with Crippen LogP contribution in [0.3, 0.4) is 0 Å². The van der Waals surface area contributed by atoms with Gasteiger partial charge in [0.25, 0.3) is 0 Å². The maximum atomic E-state index is 15.5. The monoisotopic (exact) mass is 514 g/mol. The molecule has 1 aliphatic rings. The molecule has 0 amide bonds. The minimum absolute atomic E-state index is 0.107. The summed E-state index contributed by atoms with van der Waals surface area (Å²) in [7, 11) is 0. The summed E-state index contributed by atoms with van der Waals surface area (Å²) in [5.74, 6) is -0.629. The summed E-state index contributed by atoms with van der Waals surface area (Å²) in [5.41, 5.74) is 12.1. The van der Waals surface area contributed by atoms with Gasteiger partial charge in [0.1, 0.15) is 17.5 Å². The molecular weight excluding hydrogens is 478 g/mol. The van der Waals surface area contributed by atoms with Gasteiger partial charge >= 0.3 is 0 Å². The SMILES string of the molecule is CC/C(C)=C\C(C)c1cc(F)c(-c2cccc3c(N)nc(NC4=CC(C)/C(=C(\C)CC)C=C4)nc23)c(F)c1. The average Bonchev–Trinajstić information content (AvgIpc) is 2.88. The molecule has 38 heavy (non-hydrogen) atoms. The van der Waals surface area contributed by atoms with Crippen molar-refractivity contribution in [3.8, 4) is 11.1 Å². The van der Waals surface area contributed by atoms with Crippen molar-refractivity contribution in [3.63, 3.8) is 0 Å². The zero-order valence-electron chi connectivity index (χ0n) is 23.0. The van der Waals surface area contributed by atoms with Crippen LogP contribution in [-0.2, 0) is 0 Å². The van der Waals surface area contributed by atoms with Gasteiger partial charge in [-0.3, -0.25) is 0 Å². The van der Waals surface area contributed by atoms with E-state index >= 15 is 8.78 Å². The van der Waals surface area contributed by atoms with Gasteiger partial charge in [0.2, 0.25) is 5.95 Å². The number of halogens is 2. The second kappa shape index (κ2) is 11.3. The van der Waals surface area contributed by atoms with Gasteiger partial charge in [0.05, 0.1) is 11.1 Å². The van der Waals surface area contributed by atoms with Crippen molar-refractivity contribution in [3.05, 3.63) is 94.3 Å². The van der Waals surface area contributed by atoms with E-state index in [4.69, 9.17) is 5.73 Å². The molecule has 0 radical (unpaired) electrons. The highest BCUT2D eigenvalue weighted by atomic mass is 19.1. The Morgan fingerprint density at radius 1 is 1.08 bits per heavy atom. The number of nitrogens with two attached hydrogens (primary N) is 1. The lowest BCUT2D eigenvalue weighted by molar-refractivity contribution is 0.585. The first-order chi connectivity index (χ1) is 18.1. The highest BCUT2D eigenvalue weighted by molar-refractivity contribution is 5.99. The average molecular weight is 515 g/mol. The third kappa shape index (κ3) is 5.54. The number of nitrogen functional groups attached to an aromatic ring is 1. The van der Waals surface area contributed by atoms with Crippen LogP contribution in [-0.4, -0.2) is 9.97 Å². The minimum atomic E-state index is -0.633. The molecule has 0 saturated carbocycles. The number of allylic oxidation sites excluding steroid dienone is 7. The zero-order valence-corrected chi connectivity index (χ0v) is 23.0. The van der Waals surface area contributed by atoms with E-state index < -0.39 is 11.6 Å². The number of anilines is 2. The Morgan fingerprint density at radius 3 is 2.42 bits per heavy atom. The second-order valence-corrected chi connectivity index (χ2v) is 10.1. The van der Waals surface area contributed by atoms with Crippen molar-refractivity contribution >= 4 is 22.7 Å². The molecule has 0 spiro atoms. The second-order valence-electron chi connectivity index (χ2n) is 10.1. The number of para-hydroxylation sites is 1. The number of fused-ring (bicyclic) bond motifs is 1. The topological polar surface area (TPSA) is 63.8 Å². The quantitative estimate of drug-likeness (QED) is 0.309. The van der Waals surface area contributed by atoms with Crippen LogP contribution in [0, 0.1) is 17.6 Å². The number of aromatic nitrogens is 2. The molecule has 2 atom stereocenters. The van der Waals surface area contributed by atoms with Gasteiger partial charge in [-0.1, -0.05) is 69.2 Å². The van der Waals surface area contributed by atoms with E-state index in [9.17, 15) is 0 Å². The summed E-state index contributed by atoms with van der Waals surface area (Å²) in [5, 5.41) is 3.77. The molecule has 4 rings (SSSR count). The molecule has 0 fully saturated rings. The number of nitrogens with zero attached hydrogens (tertiary/aromatic N) is 2. The van der Waals surface area contributed by atoms with Crippen LogP contribution in [0.4, 0.5) is 20.5 Å². The maximum absolute atomic E-state index is 15.5. The smallest absolute Gasteiger partial charge is 0.229 e. The molecular formula is C32H36F2N4. The normalized spacial score (nSPS) is 17.9. The maximum Gasteiger partial charge on any atom is 0.229 e. The fourth-order valence-electron chi connectivity index (χ4n) is 4.88. The van der Waals surface area contributed by atoms with Gasteiger partial charge in [-0.2, -0.15) is 4.98 Å². The molecule has 0 aliphatic heterocycles. The molecule has 1 aliphatic carbocycles. The van der Waals surface area contributed by atoms with Crippen LogP contribution in [0.25, 0.3) is 22.0 Å². The van der Waals surface area contributed by atoms with Crippen LogP contribution in [0.15, 0.2) is 77.1 Å². The predicted octanol–water partition coefficient (Wildman–Crippen LogP) is 8.85. The first-order valence-electron chi connectivity index (χ1n) is 13.2. The summed E-state index contributed by atoms with van der Waals surface area (Å²) in [4.78, 5) is 9.08. The summed E-state index contributed by atoms with van der Waals surface area (Å²) >= 11 is 0. The molecule has 198 valence electrons. The van der Waals surface area contributed by atoms with Crippen molar-refractivity contribution in [1.29, 1.82) is 0 Å². The van der Waals surface area contributed by atoms with Crippen LogP contribution in [0.1, 0.15) is 65.9 Å². The van der Waals surface area contributed by atoms with E-state index in [2.05, 4.69) is 55.1 Å². The lowest BCUT2D eigenvalue weighted by atomic mass is 9.90. The van der Waals surface area contributed by atoms with Crippen molar-refractivity contribution in [2.24, 2.45) is 5.92 Å². The number of benzene rings is 2. The molecule has 2 unspecified atom stereocenters. The van der Waals surface area contributed by atoms with E-state index in [1.54, 1.807) is 18.2 Å². The Kier molecular flexibility index (Phi) is 8.10. The molecule has 3 aromatic rings. The van der Waals surface area contributed by atoms with Gasteiger partial charge in [-0.25, -0.2) is 13.8 Å². The van der Waals surface area contributed by atoms with Crippen molar-refractivity contribution < 1.29 is 8.78 Å². The van der Waals surface area contributed by atoms with Crippen molar-refractivity contribution in [2.45, 2.75) is 60.3 Å². The molecule has 3 N–H and O–H groups in total. The van der Waals surface area contributed by atoms with E-state index in [1.165, 1.54) is 28.9 Å². The summed E-state index contributed by atoms with van der Waals surface area (Å²) < 4.78 is 31.0. The van der Waals surface area contributed by atoms with Crippen LogP contribution >= 0.6 is 0 Å². The number of nitrogens with one attached hydrogen (secondary N) is 1. The largest absolute Gasteiger partial charge is 0.383 e. The van der Waals surface area contributed by atoms with Gasteiger partial charge in [-0.15, -0.1) is 0 Å². The Balaban J connectivity index is 1.75. The number of rotatable bonds is 7. The van der Waals surface area contributed by atoms with E-state index in [0.29, 0.717) is 22.0 Å². The first-order valence-corrected chi connectivity index (χ1v) is 13.2. The van der Waals surface area contributed by atoms with E-state index in [1.807, 2.05) is 26.0 Å². The Labute approximate surface area is 224 Å². The van der Waals surface area contributed by atoms with Crippen LogP contribution in [0.2, 0.25) is 0 Å². The minimum Gasteiger partial charge on any atom is -0.383 e. The molecule has 2 aromatic carbocycles. The van der Waals surface area contributed by atoms with E-state index in [0.717, 1.165) is 18.5 Å². The Hall–Kier alpha value is -3.80. The molecule has 1 aromatic heterocycles. The Morgan fingerprint density at radius 2 is 1.79 bits per heavy atom. The van der Waals surface area contributed by atoms with E-state index in [-0.39, 0.29) is 29.2 Å². The summed E-state index contributed by atoms with van der Waals surface area (Å²) in [6, 6.07) is 7.96.